The first kappa shape index (κ1) is 20.5. The summed E-state index contributed by atoms with van der Waals surface area (Å²) in [6, 6.07) is 6.31. The minimum atomic E-state index is -4.76. The maximum absolute atomic E-state index is 13.0. The molecule has 13 heteroatoms. The molecule has 0 aliphatic rings. The maximum atomic E-state index is 13.0. The van der Waals surface area contributed by atoms with Crippen LogP contribution in [0.25, 0.3) is 23.0 Å². The van der Waals surface area contributed by atoms with E-state index < -0.39 is 34.2 Å². The third-order valence-electron chi connectivity index (χ3n) is 3.74. The van der Waals surface area contributed by atoms with Crippen LogP contribution in [-0.4, -0.2) is 47.7 Å². The van der Waals surface area contributed by atoms with Gasteiger partial charge < -0.3 is 9.26 Å². The largest absolute Gasteiger partial charge is 0.468 e. The molecule has 154 valence electrons. The molecule has 0 radical (unpaired) electrons. The molecule has 3 aromatic rings. The van der Waals surface area contributed by atoms with Gasteiger partial charge in [0.05, 0.1) is 12.0 Å². The van der Waals surface area contributed by atoms with Crippen molar-refractivity contribution in [2.75, 3.05) is 13.4 Å². The van der Waals surface area contributed by atoms with Crippen molar-refractivity contribution >= 4 is 15.8 Å². The van der Waals surface area contributed by atoms with E-state index in [0.29, 0.717) is 6.07 Å². The number of carbonyl (C=O) groups is 1. The van der Waals surface area contributed by atoms with Gasteiger partial charge in [0.2, 0.25) is 5.82 Å². The summed E-state index contributed by atoms with van der Waals surface area (Å²) in [6.45, 7) is -0.608. The number of benzene rings is 1. The van der Waals surface area contributed by atoms with E-state index in [2.05, 4.69) is 20.0 Å². The Bertz CT molecular complexity index is 1170. The topological polar surface area (TPSA) is 117 Å². The Hall–Kier alpha value is -3.22. The first-order chi connectivity index (χ1) is 13.5. The van der Waals surface area contributed by atoms with E-state index in [9.17, 15) is 26.4 Å². The van der Waals surface area contributed by atoms with Crippen molar-refractivity contribution < 1.29 is 35.6 Å². The van der Waals surface area contributed by atoms with Crippen LogP contribution >= 0.6 is 0 Å². The standard InChI is InChI=1S/C16H13F3N4O5S/c1-27-13(24)8-23-11(7-12(21-23)16(17,18)19)15-20-14(22-28-15)9-4-3-5-10(6-9)29(2,25)26/h3-7H,8H2,1-2H3. The second-order valence-electron chi connectivity index (χ2n) is 5.87. The molecular weight excluding hydrogens is 417 g/mol. The molecule has 2 aromatic heterocycles. The summed E-state index contributed by atoms with van der Waals surface area (Å²) in [5.41, 5.74) is -1.23. The van der Waals surface area contributed by atoms with Gasteiger partial charge >= 0.3 is 12.1 Å². The van der Waals surface area contributed by atoms with Crippen molar-refractivity contribution in [3.63, 3.8) is 0 Å². The van der Waals surface area contributed by atoms with Gasteiger partial charge in [-0.05, 0) is 12.1 Å². The number of carbonyl (C=O) groups excluding carboxylic acids is 1. The number of ether oxygens (including phenoxy) is 1. The Morgan fingerprint density at radius 2 is 2.00 bits per heavy atom. The minimum Gasteiger partial charge on any atom is -0.468 e. The first-order valence-electron chi connectivity index (χ1n) is 7.85. The van der Waals surface area contributed by atoms with E-state index in [0.717, 1.165) is 18.0 Å². The zero-order valence-electron chi connectivity index (χ0n) is 15.0. The fourth-order valence-corrected chi connectivity index (χ4v) is 3.01. The summed E-state index contributed by atoms with van der Waals surface area (Å²) in [4.78, 5) is 15.5. The highest BCUT2D eigenvalue weighted by atomic mass is 32.2. The van der Waals surface area contributed by atoms with Crippen molar-refractivity contribution in [3.05, 3.63) is 36.0 Å². The third-order valence-corrected chi connectivity index (χ3v) is 4.85. The average molecular weight is 430 g/mol. The minimum absolute atomic E-state index is 0.0106. The lowest BCUT2D eigenvalue weighted by Crippen LogP contribution is -2.15. The smallest absolute Gasteiger partial charge is 0.435 e. The van der Waals surface area contributed by atoms with E-state index in [-0.39, 0.29) is 27.9 Å². The number of aromatic nitrogens is 4. The maximum Gasteiger partial charge on any atom is 0.435 e. The summed E-state index contributed by atoms with van der Waals surface area (Å²) in [5.74, 6) is -1.22. The van der Waals surface area contributed by atoms with Crippen LogP contribution in [0.15, 0.2) is 39.8 Å². The molecule has 29 heavy (non-hydrogen) atoms. The van der Waals surface area contributed by atoms with Crippen LogP contribution in [0.5, 0.6) is 0 Å². The highest BCUT2D eigenvalue weighted by Gasteiger charge is 2.36. The Kier molecular flexibility index (Phi) is 5.17. The van der Waals surface area contributed by atoms with Gasteiger partial charge in [-0.15, -0.1) is 0 Å². The Labute approximate surface area is 162 Å². The zero-order chi connectivity index (χ0) is 21.4. The van der Waals surface area contributed by atoms with Crippen LogP contribution in [0.4, 0.5) is 13.2 Å². The fourth-order valence-electron chi connectivity index (χ4n) is 2.35. The van der Waals surface area contributed by atoms with Crippen molar-refractivity contribution in [3.8, 4) is 23.0 Å². The molecule has 0 saturated heterocycles. The number of nitrogens with zero attached hydrogens (tertiary/aromatic N) is 4. The number of sulfone groups is 1. The van der Waals surface area contributed by atoms with Crippen molar-refractivity contribution in [2.45, 2.75) is 17.6 Å². The van der Waals surface area contributed by atoms with Gasteiger partial charge in [0, 0.05) is 17.9 Å². The van der Waals surface area contributed by atoms with Gasteiger partial charge in [-0.1, -0.05) is 17.3 Å². The van der Waals surface area contributed by atoms with Crippen molar-refractivity contribution in [2.24, 2.45) is 0 Å². The van der Waals surface area contributed by atoms with Crippen LogP contribution < -0.4 is 0 Å². The summed E-state index contributed by atoms with van der Waals surface area (Å²) in [7, 11) is -2.41. The molecule has 0 aliphatic heterocycles. The normalized spacial score (nSPS) is 12.2. The summed E-state index contributed by atoms with van der Waals surface area (Å²) in [6.07, 6.45) is -3.74. The quantitative estimate of drug-likeness (QED) is 0.566. The summed E-state index contributed by atoms with van der Waals surface area (Å²) < 4.78 is 72.7. The van der Waals surface area contributed by atoms with E-state index in [4.69, 9.17) is 4.52 Å². The molecule has 1 aromatic carbocycles. The van der Waals surface area contributed by atoms with Crippen LogP contribution in [0.2, 0.25) is 0 Å². The number of methoxy groups -OCH3 is 1. The molecule has 0 aliphatic carbocycles. The van der Waals surface area contributed by atoms with E-state index in [1.807, 2.05) is 0 Å². The molecule has 0 fully saturated rings. The highest BCUT2D eigenvalue weighted by molar-refractivity contribution is 7.90. The summed E-state index contributed by atoms with van der Waals surface area (Å²) >= 11 is 0. The Balaban J connectivity index is 2.04. The van der Waals surface area contributed by atoms with Crippen LogP contribution in [-0.2, 0) is 32.1 Å². The second-order valence-corrected chi connectivity index (χ2v) is 7.89. The van der Waals surface area contributed by atoms with Gasteiger partial charge in [-0.2, -0.15) is 23.3 Å². The Morgan fingerprint density at radius 1 is 1.28 bits per heavy atom. The zero-order valence-corrected chi connectivity index (χ0v) is 15.8. The Morgan fingerprint density at radius 3 is 2.62 bits per heavy atom. The number of hydrogen-bond donors (Lipinski definition) is 0. The molecule has 0 atom stereocenters. The molecule has 2 heterocycles. The molecule has 0 N–H and O–H groups in total. The molecule has 0 saturated carbocycles. The van der Waals surface area contributed by atoms with Crippen LogP contribution in [0, 0.1) is 0 Å². The van der Waals surface area contributed by atoms with Crippen molar-refractivity contribution in [1.29, 1.82) is 0 Å². The van der Waals surface area contributed by atoms with Gasteiger partial charge in [0.1, 0.15) is 12.2 Å². The molecule has 3 rings (SSSR count). The average Bonchev–Trinajstić information content (AvgIpc) is 3.27. The van der Waals surface area contributed by atoms with E-state index >= 15 is 0 Å². The predicted octanol–water partition coefficient (Wildman–Crippen LogP) is 2.20. The molecule has 0 unspecified atom stereocenters. The van der Waals surface area contributed by atoms with E-state index in [1.165, 1.54) is 24.3 Å². The van der Waals surface area contributed by atoms with E-state index in [1.54, 1.807) is 0 Å². The third kappa shape index (κ3) is 4.45. The molecule has 0 bridgehead atoms. The number of hydrogen-bond acceptors (Lipinski definition) is 8. The van der Waals surface area contributed by atoms with Gasteiger partial charge in [0.25, 0.3) is 5.89 Å². The lowest BCUT2D eigenvalue weighted by atomic mass is 10.2. The number of alkyl halides is 3. The van der Waals surface area contributed by atoms with Crippen LogP contribution in [0.3, 0.4) is 0 Å². The highest BCUT2D eigenvalue weighted by Crippen LogP contribution is 2.32. The summed E-state index contributed by atoms with van der Waals surface area (Å²) in [5, 5.41) is 7.04. The van der Waals surface area contributed by atoms with Gasteiger partial charge in [0.15, 0.2) is 15.5 Å². The number of halogens is 3. The van der Waals surface area contributed by atoms with Gasteiger partial charge in [-0.25, -0.2) is 13.1 Å². The SMILES string of the molecule is COC(=O)Cn1nc(C(F)(F)F)cc1-c1nc(-c2cccc(S(C)(=O)=O)c2)no1. The number of esters is 1. The monoisotopic (exact) mass is 430 g/mol. The molecular formula is C16H13F3N4O5S. The first-order valence-corrected chi connectivity index (χ1v) is 9.74. The lowest BCUT2D eigenvalue weighted by Gasteiger charge is -2.03. The lowest BCUT2D eigenvalue weighted by molar-refractivity contribution is -0.144. The van der Waals surface area contributed by atoms with Gasteiger partial charge in [-0.3, -0.25) is 4.79 Å². The van der Waals surface area contributed by atoms with Crippen LogP contribution in [0.1, 0.15) is 5.69 Å². The molecule has 9 nitrogen and oxygen atoms in total. The fraction of sp³-hybridized carbons (Fsp3) is 0.250. The van der Waals surface area contributed by atoms with Crippen molar-refractivity contribution in [1.82, 2.24) is 19.9 Å². The molecule has 0 spiro atoms. The predicted molar refractivity (Wildman–Crippen MR) is 91.1 cm³/mol. The second kappa shape index (κ2) is 7.31. The molecule has 0 amide bonds. The number of rotatable bonds is 5.